The molecule has 2 aromatic rings. The van der Waals surface area contributed by atoms with Crippen LogP contribution < -0.4 is 21.3 Å². The molecule has 0 atom stereocenters. The number of nitrogens with two attached hydrogens (primary N) is 2. The number of rotatable bonds is 2. The number of piperazine rings is 1. The van der Waals surface area contributed by atoms with Crippen LogP contribution in [-0.2, 0) is 0 Å². The van der Waals surface area contributed by atoms with Crippen LogP contribution >= 0.6 is 23.2 Å². The fourth-order valence-corrected chi connectivity index (χ4v) is 3.18. The molecule has 1 heterocycles. The van der Waals surface area contributed by atoms with Gasteiger partial charge in [-0.2, -0.15) is 0 Å². The molecule has 0 spiro atoms. The predicted molar refractivity (Wildman–Crippen MR) is 96.2 cm³/mol. The van der Waals surface area contributed by atoms with Crippen LogP contribution in [-0.4, -0.2) is 26.2 Å². The number of nitrogens with zero attached hydrogens (tertiary/aromatic N) is 2. The van der Waals surface area contributed by atoms with Crippen molar-refractivity contribution in [2.75, 3.05) is 47.4 Å². The minimum Gasteiger partial charge on any atom is -0.397 e. The summed E-state index contributed by atoms with van der Waals surface area (Å²) in [4.78, 5) is 4.54. The molecule has 0 aromatic heterocycles. The summed E-state index contributed by atoms with van der Waals surface area (Å²) in [6, 6.07) is 11.3. The van der Waals surface area contributed by atoms with Crippen molar-refractivity contribution in [1.82, 2.24) is 0 Å². The van der Waals surface area contributed by atoms with Gasteiger partial charge in [0.15, 0.2) is 0 Å². The lowest BCUT2D eigenvalue weighted by molar-refractivity contribution is 0.655. The second-order valence-corrected chi connectivity index (χ2v) is 6.25. The van der Waals surface area contributed by atoms with E-state index >= 15 is 0 Å². The summed E-state index contributed by atoms with van der Waals surface area (Å²) in [6.07, 6.45) is 0. The third-order valence-corrected chi connectivity index (χ3v) is 4.41. The molecule has 0 bridgehead atoms. The zero-order valence-corrected chi connectivity index (χ0v) is 13.6. The first-order valence-corrected chi connectivity index (χ1v) is 7.90. The third-order valence-electron chi connectivity index (χ3n) is 3.94. The molecule has 116 valence electrons. The molecule has 0 aliphatic carbocycles. The Morgan fingerprint density at radius 2 is 1.05 bits per heavy atom. The van der Waals surface area contributed by atoms with Gasteiger partial charge in [-0.15, -0.1) is 0 Å². The molecule has 4 N–H and O–H groups in total. The van der Waals surface area contributed by atoms with Crippen LogP contribution in [0.3, 0.4) is 0 Å². The fourth-order valence-electron chi connectivity index (χ4n) is 2.81. The average Bonchev–Trinajstić information content (AvgIpc) is 2.48. The molecule has 1 aliphatic rings. The topological polar surface area (TPSA) is 58.5 Å². The Morgan fingerprint density at radius 3 is 1.36 bits per heavy atom. The highest BCUT2D eigenvalue weighted by Crippen LogP contribution is 2.30. The number of hydrogen-bond donors (Lipinski definition) is 2. The molecule has 4 nitrogen and oxygen atoms in total. The number of anilines is 4. The zero-order valence-electron chi connectivity index (χ0n) is 12.1. The lowest BCUT2D eigenvalue weighted by atomic mass is 10.2. The second kappa shape index (κ2) is 6.15. The second-order valence-electron chi connectivity index (χ2n) is 5.38. The normalized spacial score (nSPS) is 15.2. The van der Waals surface area contributed by atoms with E-state index in [4.69, 9.17) is 34.7 Å². The van der Waals surface area contributed by atoms with E-state index in [0.717, 1.165) is 37.6 Å². The van der Waals surface area contributed by atoms with Crippen LogP contribution in [0.2, 0.25) is 10.0 Å². The van der Waals surface area contributed by atoms with Crippen LogP contribution in [0.5, 0.6) is 0 Å². The molecule has 2 aromatic carbocycles. The Kier molecular flexibility index (Phi) is 4.23. The first-order chi connectivity index (χ1) is 10.5. The predicted octanol–water partition coefficient (Wildman–Crippen LogP) is 3.48. The molecular weight excluding hydrogens is 319 g/mol. The van der Waals surface area contributed by atoms with Crippen molar-refractivity contribution < 1.29 is 0 Å². The van der Waals surface area contributed by atoms with Gasteiger partial charge in [-0.25, -0.2) is 0 Å². The van der Waals surface area contributed by atoms with Crippen LogP contribution in [0, 0.1) is 0 Å². The lowest BCUT2D eigenvalue weighted by Gasteiger charge is -2.38. The van der Waals surface area contributed by atoms with Gasteiger partial charge in [-0.1, -0.05) is 23.2 Å². The monoisotopic (exact) mass is 336 g/mol. The maximum absolute atomic E-state index is 6.06. The first-order valence-electron chi connectivity index (χ1n) is 7.14. The van der Waals surface area contributed by atoms with E-state index in [-0.39, 0.29) is 0 Å². The molecule has 0 unspecified atom stereocenters. The Balaban J connectivity index is 1.72. The minimum atomic E-state index is 0.661. The summed E-state index contributed by atoms with van der Waals surface area (Å²) in [5.41, 5.74) is 15.6. The van der Waals surface area contributed by atoms with Gasteiger partial charge in [0.1, 0.15) is 0 Å². The van der Waals surface area contributed by atoms with Crippen LogP contribution in [0.15, 0.2) is 36.4 Å². The Hall–Kier alpha value is -1.78. The SMILES string of the molecule is Nc1cc(Cl)ccc1N1CCN(c2ccc(Cl)cc2N)CC1. The van der Waals surface area contributed by atoms with Crippen molar-refractivity contribution >= 4 is 46.0 Å². The van der Waals surface area contributed by atoms with E-state index in [1.807, 2.05) is 24.3 Å². The molecule has 0 radical (unpaired) electrons. The van der Waals surface area contributed by atoms with Gasteiger partial charge < -0.3 is 21.3 Å². The van der Waals surface area contributed by atoms with Gasteiger partial charge in [-0.3, -0.25) is 0 Å². The third kappa shape index (κ3) is 3.03. The highest BCUT2D eigenvalue weighted by molar-refractivity contribution is 6.31. The number of benzene rings is 2. The van der Waals surface area contributed by atoms with E-state index in [9.17, 15) is 0 Å². The van der Waals surface area contributed by atoms with Crippen molar-refractivity contribution in [2.45, 2.75) is 0 Å². The van der Waals surface area contributed by atoms with E-state index in [1.54, 1.807) is 12.1 Å². The molecular formula is C16H18Cl2N4. The quantitative estimate of drug-likeness (QED) is 0.824. The lowest BCUT2D eigenvalue weighted by Crippen LogP contribution is -2.47. The molecule has 1 fully saturated rings. The summed E-state index contributed by atoms with van der Waals surface area (Å²) in [5.74, 6) is 0. The van der Waals surface area contributed by atoms with Crippen LogP contribution in [0.1, 0.15) is 0 Å². The summed E-state index contributed by atoms with van der Waals surface area (Å²) in [5, 5.41) is 1.32. The highest BCUT2D eigenvalue weighted by Gasteiger charge is 2.20. The van der Waals surface area contributed by atoms with Crippen molar-refractivity contribution in [1.29, 1.82) is 0 Å². The Morgan fingerprint density at radius 1 is 0.682 bits per heavy atom. The zero-order chi connectivity index (χ0) is 15.7. The van der Waals surface area contributed by atoms with Gasteiger partial charge in [0.2, 0.25) is 0 Å². The molecule has 22 heavy (non-hydrogen) atoms. The van der Waals surface area contributed by atoms with Crippen molar-refractivity contribution in [2.24, 2.45) is 0 Å². The maximum Gasteiger partial charge on any atom is 0.0602 e. The molecule has 3 rings (SSSR count). The number of hydrogen-bond acceptors (Lipinski definition) is 4. The smallest absolute Gasteiger partial charge is 0.0602 e. The first kappa shape index (κ1) is 15.1. The summed E-state index contributed by atoms with van der Waals surface area (Å²) in [6.45, 7) is 3.53. The van der Waals surface area contributed by atoms with E-state index in [0.29, 0.717) is 21.4 Å². The van der Waals surface area contributed by atoms with Crippen molar-refractivity contribution in [3.05, 3.63) is 46.4 Å². The van der Waals surface area contributed by atoms with Crippen molar-refractivity contribution in [3.63, 3.8) is 0 Å². The molecule has 0 amide bonds. The van der Waals surface area contributed by atoms with Gasteiger partial charge in [0, 0.05) is 36.2 Å². The van der Waals surface area contributed by atoms with E-state index in [1.165, 1.54) is 0 Å². The van der Waals surface area contributed by atoms with Gasteiger partial charge in [0.25, 0.3) is 0 Å². The maximum atomic E-state index is 6.06. The molecule has 0 saturated carbocycles. The van der Waals surface area contributed by atoms with E-state index in [2.05, 4.69) is 9.80 Å². The molecule has 6 heteroatoms. The fraction of sp³-hybridized carbons (Fsp3) is 0.250. The van der Waals surface area contributed by atoms with Crippen LogP contribution in [0.4, 0.5) is 22.7 Å². The number of nitrogen functional groups attached to an aromatic ring is 2. The highest BCUT2D eigenvalue weighted by atomic mass is 35.5. The molecule has 1 saturated heterocycles. The van der Waals surface area contributed by atoms with Crippen LogP contribution in [0.25, 0.3) is 0 Å². The van der Waals surface area contributed by atoms with E-state index < -0.39 is 0 Å². The summed E-state index contributed by atoms with van der Waals surface area (Å²) in [7, 11) is 0. The standard InChI is InChI=1S/C16H18Cl2N4/c17-11-1-3-15(13(19)9-11)21-5-7-22(8-6-21)16-4-2-12(18)10-14(16)20/h1-4,9-10H,5-8,19-20H2. The van der Waals surface area contributed by atoms with Gasteiger partial charge in [-0.05, 0) is 36.4 Å². The number of halogens is 2. The average molecular weight is 337 g/mol. The van der Waals surface area contributed by atoms with Crippen molar-refractivity contribution in [3.8, 4) is 0 Å². The van der Waals surface area contributed by atoms with Gasteiger partial charge in [0.05, 0.1) is 22.7 Å². The minimum absolute atomic E-state index is 0.661. The Labute approximate surface area is 140 Å². The largest absolute Gasteiger partial charge is 0.397 e. The molecule has 1 aliphatic heterocycles. The summed E-state index contributed by atoms with van der Waals surface area (Å²) < 4.78 is 0. The Bertz CT molecular complexity index is 622. The van der Waals surface area contributed by atoms with Gasteiger partial charge >= 0.3 is 0 Å². The summed E-state index contributed by atoms with van der Waals surface area (Å²) >= 11 is 11.9.